The van der Waals surface area contributed by atoms with Gasteiger partial charge in [0.25, 0.3) is 5.91 Å². The molecule has 0 aliphatic carbocycles. The van der Waals surface area contributed by atoms with Gasteiger partial charge in [0.05, 0.1) is 12.1 Å². The highest BCUT2D eigenvalue weighted by Crippen LogP contribution is 2.16. The summed E-state index contributed by atoms with van der Waals surface area (Å²) in [5.41, 5.74) is 0.0192. The first-order valence-electron chi connectivity index (χ1n) is 5.90. The van der Waals surface area contributed by atoms with Crippen molar-refractivity contribution in [2.24, 2.45) is 0 Å². The average Bonchev–Trinajstić information content (AvgIpc) is 2.45. The van der Waals surface area contributed by atoms with Crippen molar-refractivity contribution >= 4 is 29.4 Å². The van der Waals surface area contributed by atoms with E-state index in [4.69, 9.17) is 16.7 Å². The molecule has 1 unspecified atom stereocenters. The van der Waals surface area contributed by atoms with Crippen molar-refractivity contribution in [1.82, 2.24) is 5.32 Å². The van der Waals surface area contributed by atoms with Gasteiger partial charge in [-0.25, -0.2) is 9.18 Å². The summed E-state index contributed by atoms with van der Waals surface area (Å²) in [6.45, 7) is 0. The maximum absolute atomic E-state index is 13.0. The van der Waals surface area contributed by atoms with Gasteiger partial charge in [0.15, 0.2) is 0 Å². The number of hydrogen-bond acceptors (Lipinski definition) is 4. The van der Waals surface area contributed by atoms with Gasteiger partial charge in [-0.2, -0.15) is 0 Å². The lowest BCUT2D eigenvalue weighted by molar-refractivity contribution is -0.142. The van der Waals surface area contributed by atoms with Gasteiger partial charge in [-0.3, -0.25) is 9.59 Å². The number of esters is 1. The second-order valence-electron chi connectivity index (χ2n) is 4.11. The molecule has 0 aliphatic rings. The van der Waals surface area contributed by atoms with Crippen molar-refractivity contribution in [3.8, 4) is 0 Å². The Morgan fingerprint density at radius 3 is 2.62 bits per heavy atom. The molecule has 0 heterocycles. The van der Waals surface area contributed by atoms with Crippen LogP contribution in [0.1, 0.15) is 23.2 Å². The number of carbonyl (C=O) groups excluding carboxylic acids is 2. The van der Waals surface area contributed by atoms with Crippen LogP contribution in [-0.4, -0.2) is 36.1 Å². The Hall–Kier alpha value is -2.15. The maximum atomic E-state index is 13.0. The fourth-order valence-corrected chi connectivity index (χ4v) is 1.68. The van der Waals surface area contributed by atoms with E-state index in [9.17, 15) is 18.8 Å². The number of carboxylic acids is 1. The minimum atomic E-state index is -1.29. The topological polar surface area (TPSA) is 92.7 Å². The van der Waals surface area contributed by atoms with Crippen molar-refractivity contribution in [3.63, 3.8) is 0 Å². The molecule has 114 valence electrons. The summed E-state index contributed by atoms with van der Waals surface area (Å²) in [4.78, 5) is 33.9. The lowest BCUT2D eigenvalue weighted by atomic mass is 10.1. The van der Waals surface area contributed by atoms with E-state index in [1.54, 1.807) is 0 Å². The minimum absolute atomic E-state index is 0.0192. The fraction of sp³-hybridized carbons (Fsp3) is 0.308. The second kappa shape index (κ2) is 7.58. The predicted molar refractivity (Wildman–Crippen MR) is 71.6 cm³/mol. The highest BCUT2D eigenvalue weighted by molar-refractivity contribution is 6.31. The smallest absolute Gasteiger partial charge is 0.326 e. The van der Waals surface area contributed by atoms with Gasteiger partial charge in [0.1, 0.15) is 11.9 Å². The summed E-state index contributed by atoms with van der Waals surface area (Å²) in [5.74, 6) is -3.29. The largest absolute Gasteiger partial charge is 0.480 e. The number of ether oxygens (including phenoxy) is 1. The Balaban J connectivity index is 2.74. The zero-order valence-corrected chi connectivity index (χ0v) is 11.8. The molecule has 0 saturated heterocycles. The molecule has 1 rings (SSSR count). The molecule has 1 aromatic rings. The number of benzene rings is 1. The predicted octanol–water partition coefficient (Wildman–Crippen LogP) is 1.62. The second-order valence-corrected chi connectivity index (χ2v) is 4.52. The number of amides is 1. The molecular weight excluding hydrogens is 305 g/mol. The summed E-state index contributed by atoms with van der Waals surface area (Å²) in [5, 5.41) is 11.0. The van der Waals surface area contributed by atoms with E-state index in [-0.39, 0.29) is 23.4 Å². The van der Waals surface area contributed by atoms with Gasteiger partial charge < -0.3 is 15.2 Å². The normalized spacial score (nSPS) is 11.6. The average molecular weight is 318 g/mol. The third kappa shape index (κ3) is 5.03. The van der Waals surface area contributed by atoms with Crippen molar-refractivity contribution in [2.45, 2.75) is 18.9 Å². The lowest BCUT2D eigenvalue weighted by Gasteiger charge is -2.14. The van der Waals surface area contributed by atoms with Gasteiger partial charge >= 0.3 is 11.9 Å². The summed E-state index contributed by atoms with van der Waals surface area (Å²) in [7, 11) is 1.18. The minimum Gasteiger partial charge on any atom is -0.480 e. The van der Waals surface area contributed by atoms with Crippen LogP contribution in [0.25, 0.3) is 0 Å². The molecule has 1 aromatic carbocycles. The van der Waals surface area contributed by atoms with Crippen molar-refractivity contribution in [2.75, 3.05) is 7.11 Å². The highest BCUT2D eigenvalue weighted by Gasteiger charge is 2.22. The van der Waals surface area contributed by atoms with Gasteiger partial charge in [-0.1, -0.05) is 11.6 Å². The Morgan fingerprint density at radius 1 is 1.43 bits per heavy atom. The third-order valence-corrected chi connectivity index (χ3v) is 2.94. The van der Waals surface area contributed by atoms with Gasteiger partial charge in [0, 0.05) is 12.0 Å². The first-order valence-corrected chi connectivity index (χ1v) is 6.28. The summed E-state index contributed by atoms with van der Waals surface area (Å²) < 4.78 is 17.4. The number of aliphatic carboxylic acids is 1. The molecule has 21 heavy (non-hydrogen) atoms. The first kappa shape index (κ1) is 16.9. The fourth-order valence-electron chi connectivity index (χ4n) is 1.50. The summed E-state index contributed by atoms with van der Waals surface area (Å²) in [6.07, 6.45) is -0.277. The zero-order valence-electron chi connectivity index (χ0n) is 11.1. The summed E-state index contributed by atoms with van der Waals surface area (Å²) in [6, 6.07) is 2.00. The van der Waals surface area contributed by atoms with Crippen LogP contribution >= 0.6 is 11.6 Å². The van der Waals surface area contributed by atoms with Crippen LogP contribution < -0.4 is 5.32 Å². The maximum Gasteiger partial charge on any atom is 0.326 e. The van der Waals surface area contributed by atoms with E-state index >= 15 is 0 Å². The molecule has 0 bridgehead atoms. The monoisotopic (exact) mass is 317 g/mol. The molecule has 0 spiro atoms. The molecule has 0 aliphatic heterocycles. The number of carbonyl (C=O) groups is 3. The number of carboxylic acid groups (broad SMARTS) is 1. The number of halogens is 2. The Labute approximate surface area is 124 Å². The Morgan fingerprint density at radius 2 is 2.10 bits per heavy atom. The molecule has 0 fully saturated rings. The highest BCUT2D eigenvalue weighted by atomic mass is 35.5. The lowest BCUT2D eigenvalue weighted by Crippen LogP contribution is -2.41. The van der Waals surface area contributed by atoms with E-state index < -0.39 is 29.7 Å². The molecule has 1 amide bonds. The summed E-state index contributed by atoms with van der Waals surface area (Å²) >= 11 is 5.55. The van der Waals surface area contributed by atoms with Crippen LogP contribution in [-0.2, 0) is 14.3 Å². The number of rotatable bonds is 6. The van der Waals surface area contributed by atoms with E-state index in [1.807, 2.05) is 0 Å². The first-order chi connectivity index (χ1) is 9.85. The molecule has 2 N–H and O–H groups in total. The number of hydrogen-bond donors (Lipinski definition) is 2. The van der Waals surface area contributed by atoms with E-state index in [2.05, 4.69) is 10.1 Å². The van der Waals surface area contributed by atoms with Crippen molar-refractivity contribution < 1.29 is 28.6 Å². The zero-order chi connectivity index (χ0) is 16.0. The SMILES string of the molecule is COC(=O)CCC(NC(=O)c1ccc(F)c(Cl)c1)C(=O)O. The molecule has 0 saturated carbocycles. The van der Waals surface area contributed by atoms with E-state index in [0.717, 1.165) is 12.1 Å². The van der Waals surface area contributed by atoms with E-state index in [0.29, 0.717) is 0 Å². The van der Waals surface area contributed by atoms with Crippen molar-refractivity contribution in [3.05, 3.63) is 34.6 Å². The van der Waals surface area contributed by atoms with Crippen LogP contribution in [0, 0.1) is 5.82 Å². The number of methoxy groups -OCH3 is 1. The van der Waals surface area contributed by atoms with Crippen LogP contribution in [0.2, 0.25) is 5.02 Å². The molecule has 6 nitrogen and oxygen atoms in total. The third-order valence-electron chi connectivity index (χ3n) is 2.65. The molecule has 0 aromatic heterocycles. The van der Waals surface area contributed by atoms with Gasteiger partial charge in [-0.05, 0) is 24.6 Å². The molecule has 1 atom stereocenters. The van der Waals surface area contributed by atoms with Crippen molar-refractivity contribution in [1.29, 1.82) is 0 Å². The van der Waals surface area contributed by atoms with Gasteiger partial charge in [-0.15, -0.1) is 0 Å². The van der Waals surface area contributed by atoms with Crippen LogP contribution in [0.4, 0.5) is 4.39 Å². The van der Waals surface area contributed by atoms with Crippen LogP contribution in [0.5, 0.6) is 0 Å². The standard InChI is InChI=1S/C13H13ClFNO5/c1-21-11(17)5-4-10(13(19)20)16-12(18)7-2-3-9(15)8(14)6-7/h2-3,6,10H,4-5H2,1H3,(H,16,18)(H,19,20). The molecule has 0 radical (unpaired) electrons. The van der Waals surface area contributed by atoms with E-state index in [1.165, 1.54) is 13.2 Å². The van der Waals surface area contributed by atoms with Crippen LogP contribution in [0.3, 0.4) is 0 Å². The number of nitrogens with one attached hydrogen (secondary N) is 1. The molecular formula is C13H13ClFNO5. The quantitative estimate of drug-likeness (QED) is 0.778. The molecule has 8 heteroatoms. The van der Waals surface area contributed by atoms with Gasteiger partial charge in [0.2, 0.25) is 0 Å². The Bertz CT molecular complexity index is 563. The Kier molecular flexibility index (Phi) is 6.10. The van der Waals surface area contributed by atoms with Crippen LogP contribution in [0.15, 0.2) is 18.2 Å².